The third-order valence-corrected chi connectivity index (χ3v) is 3.96. The summed E-state index contributed by atoms with van der Waals surface area (Å²) < 4.78 is 1.59. The standard InChI is InChI=1S/C17H15N7O/c18-15(25)13(10-11-6-2-1-3-7-11)20-16-17-21-22-23-24(17)14-9-5-4-8-12(14)19-16/h1-9,13H,10H2,(H2,18,25)(H,19,20). The monoisotopic (exact) mass is 333 g/mol. The molecule has 0 radical (unpaired) electrons. The van der Waals surface area contributed by atoms with E-state index in [9.17, 15) is 4.79 Å². The van der Waals surface area contributed by atoms with Gasteiger partial charge in [-0.05, 0) is 28.1 Å². The van der Waals surface area contributed by atoms with Crippen LogP contribution in [0.1, 0.15) is 5.56 Å². The van der Waals surface area contributed by atoms with Crippen molar-refractivity contribution in [3.8, 4) is 0 Å². The molecule has 25 heavy (non-hydrogen) atoms. The summed E-state index contributed by atoms with van der Waals surface area (Å²) in [5.41, 5.74) is 8.51. The number of aromatic nitrogens is 5. The Morgan fingerprint density at radius 2 is 1.88 bits per heavy atom. The van der Waals surface area contributed by atoms with E-state index in [-0.39, 0.29) is 0 Å². The molecule has 2 aromatic heterocycles. The molecule has 0 fully saturated rings. The van der Waals surface area contributed by atoms with Gasteiger partial charge in [0.05, 0.1) is 11.0 Å². The number of hydrogen-bond donors (Lipinski definition) is 2. The third-order valence-electron chi connectivity index (χ3n) is 3.96. The lowest BCUT2D eigenvalue weighted by Crippen LogP contribution is -2.37. The molecule has 1 amide bonds. The van der Waals surface area contributed by atoms with Crippen molar-refractivity contribution in [2.45, 2.75) is 12.5 Å². The predicted octanol–water partition coefficient (Wildman–Crippen LogP) is 1.18. The number of primary amides is 1. The lowest BCUT2D eigenvalue weighted by molar-refractivity contribution is -0.118. The summed E-state index contributed by atoms with van der Waals surface area (Å²) >= 11 is 0. The Bertz CT molecular complexity index is 1040. The second-order valence-electron chi connectivity index (χ2n) is 5.65. The summed E-state index contributed by atoms with van der Waals surface area (Å²) in [6.07, 6.45) is 0.443. The first-order chi connectivity index (χ1) is 12.2. The number of nitrogens with two attached hydrogens (primary N) is 1. The summed E-state index contributed by atoms with van der Waals surface area (Å²) in [7, 11) is 0. The minimum Gasteiger partial charge on any atom is -0.368 e. The SMILES string of the molecule is NC(=O)C(Cc1ccccc1)Nc1nc2ccccc2n2nnnc12. The summed E-state index contributed by atoms with van der Waals surface area (Å²) in [6, 6.07) is 16.5. The molecule has 2 heterocycles. The highest BCUT2D eigenvalue weighted by molar-refractivity contribution is 5.86. The van der Waals surface area contributed by atoms with Crippen molar-refractivity contribution in [3.63, 3.8) is 0 Å². The molecule has 0 aliphatic carbocycles. The smallest absolute Gasteiger partial charge is 0.240 e. The molecule has 4 aromatic rings. The molecule has 3 N–H and O–H groups in total. The number of amides is 1. The summed E-state index contributed by atoms with van der Waals surface area (Å²) in [5.74, 6) is -0.0483. The van der Waals surface area contributed by atoms with Gasteiger partial charge in [0.25, 0.3) is 0 Å². The topological polar surface area (TPSA) is 111 Å². The van der Waals surface area contributed by atoms with Gasteiger partial charge in [-0.3, -0.25) is 4.79 Å². The predicted molar refractivity (Wildman–Crippen MR) is 92.8 cm³/mol. The van der Waals surface area contributed by atoms with Gasteiger partial charge in [0.15, 0.2) is 5.82 Å². The van der Waals surface area contributed by atoms with Gasteiger partial charge in [-0.25, -0.2) is 4.98 Å². The maximum Gasteiger partial charge on any atom is 0.240 e. The highest BCUT2D eigenvalue weighted by atomic mass is 16.1. The fourth-order valence-corrected chi connectivity index (χ4v) is 2.74. The molecule has 4 rings (SSSR count). The first-order valence-electron chi connectivity index (χ1n) is 7.79. The first-order valence-corrected chi connectivity index (χ1v) is 7.79. The Kier molecular flexibility index (Phi) is 3.70. The summed E-state index contributed by atoms with van der Waals surface area (Å²) in [5, 5.41) is 14.8. The van der Waals surface area contributed by atoms with Crippen LogP contribution in [0.4, 0.5) is 5.82 Å². The van der Waals surface area contributed by atoms with E-state index in [0.717, 1.165) is 11.1 Å². The highest BCUT2D eigenvalue weighted by Crippen LogP contribution is 2.20. The zero-order valence-electron chi connectivity index (χ0n) is 13.2. The van der Waals surface area contributed by atoms with Gasteiger partial charge < -0.3 is 11.1 Å². The van der Waals surface area contributed by atoms with E-state index < -0.39 is 11.9 Å². The van der Waals surface area contributed by atoms with Crippen molar-refractivity contribution in [1.82, 2.24) is 25.0 Å². The number of rotatable bonds is 5. The zero-order valence-corrected chi connectivity index (χ0v) is 13.2. The van der Waals surface area contributed by atoms with Crippen LogP contribution in [0.25, 0.3) is 16.7 Å². The van der Waals surface area contributed by atoms with Gasteiger partial charge in [-0.2, -0.15) is 4.52 Å². The van der Waals surface area contributed by atoms with Crippen LogP contribution in [0.2, 0.25) is 0 Å². The molecule has 1 atom stereocenters. The van der Waals surface area contributed by atoms with Gasteiger partial charge in [0.1, 0.15) is 6.04 Å². The molecular weight excluding hydrogens is 318 g/mol. The maximum atomic E-state index is 11.9. The van der Waals surface area contributed by atoms with Gasteiger partial charge in [-0.1, -0.05) is 42.5 Å². The number of carbonyl (C=O) groups excluding carboxylic acids is 1. The maximum absolute atomic E-state index is 11.9. The van der Waals surface area contributed by atoms with E-state index in [2.05, 4.69) is 25.8 Å². The second-order valence-corrected chi connectivity index (χ2v) is 5.65. The molecular formula is C17H15N7O. The fraction of sp³-hybridized carbons (Fsp3) is 0.118. The van der Waals surface area contributed by atoms with Crippen LogP contribution in [-0.2, 0) is 11.2 Å². The molecule has 0 aliphatic rings. The van der Waals surface area contributed by atoms with E-state index in [1.165, 1.54) is 0 Å². The first kappa shape index (κ1) is 15.0. The van der Waals surface area contributed by atoms with E-state index >= 15 is 0 Å². The van der Waals surface area contributed by atoms with Crippen LogP contribution >= 0.6 is 0 Å². The third kappa shape index (κ3) is 2.85. The molecule has 0 saturated carbocycles. The van der Waals surface area contributed by atoms with Gasteiger partial charge in [-0.15, -0.1) is 5.10 Å². The number of benzene rings is 2. The average Bonchev–Trinajstić information content (AvgIpc) is 3.12. The van der Waals surface area contributed by atoms with Crippen molar-refractivity contribution < 1.29 is 4.79 Å². The Morgan fingerprint density at radius 1 is 1.12 bits per heavy atom. The fourth-order valence-electron chi connectivity index (χ4n) is 2.74. The summed E-state index contributed by atoms with van der Waals surface area (Å²) in [4.78, 5) is 16.5. The Hall–Kier alpha value is -3.55. The Balaban J connectivity index is 1.74. The largest absolute Gasteiger partial charge is 0.368 e. The molecule has 8 nitrogen and oxygen atoms in total. The number of nitrogens with one attached hydrogen (secondary N) is 1. The molecule has 1 unspecified atom stereocenters. The van der Waals surface area contributed by atoms with E-state index in [1.807, 2.05) is 54.6 Å². The van der Waals surface area contributed by atoms with E-state index in [1.54, 1.807) is 4.52 Å². The van der Waals surface area contributed by atoms with E-state index in [0.29, 0.717) is 23.4 Å². The van der Waals surface area contributed by atoms with Crippen LogP contribution < -0.4 is 11.1 Å². The van der Waals surface area contributed by atoms with Crippen LogP contribution in [0.5, 0.6) is 0 Å². The molecule has 0 aliphatic heterocycles. The average molecular weight is 333 g/mol. The minimum absolute atomic E-state index is 0.420. The lowest BCUT2D eigenvalue weighted by atomic mass is 10.1. The van der Waals surface area contributed by atoms with Crippen LogP contribution in [-0.4, -0.2) is 37.0 Å². The molecule has 8 heteroatoms. The second kappa shape index (κ2) is 6.16. The Morgan fingerprint density at radius 3 is 2.68 bits per heavy atom. The van der Waals surface area contributed by atoms with Crippen molar-refractivity contribution >= 4 is 28.4 Å². The summed E-state index contributed by atoms with van der Waals surface area (Å²) in [6.45, 7) is 0. The molecule has 0 bridgehead atoms. The zero-order chi connectivity index (χ0) is 17.2. The Labute approximate surface area is 142 Å². The lowest BCUT2D eigenvalue weighted by Gasteiger charge is -2.16. The number of hydrogen-bond acceptors (Lipinski definition) is 6. The molecule has 2 aromatic carbocycles. The number of anilines is 1. The van der Waals surface area contributed by atoms with Crippen LogP contribution in [0, 0.1) is 0 Å². The van der Waals surface area contributed by atoms with Crippen molar-refractivity contribution in [1.29, 1.82) is 0 Å². The number of carbonyl (C=O) groups is 1. The van der Waals surface area contributed by atoms with Crippen LogP contribution in [0.15, 0.2) is 54.6 Å². The molecule has 0 saturated heterocycles. The quantitative estimate of drug-likeness (QED) is 0.567. The number of nitrogens with zero attached hydrogens (tertiary/aromatic N) is 5. The van der Waals surface area contributed by atoms with Gasteiger partial charge in [0.2, 0.25) is 11.6 Å². The highest BCUT2D eigenvalue weighted by Gasteiger charge is 2.20. The van der Waals surface area contributed by atoms with Crippen molar-refractivity contribution in [2.75, 3.05) is 5.32 Å². The minimum atomic E-state index is -0.628. The van der Waals surface area contributed by atoms with Crippen molar-refractivity contribution in [2.24, 2.45) is 5.73 Å². The van der Waals surface area contributed by atoms with Gasteiger partial charge >= 0.3 is 0 Å². The number of fused-ring (bicyclic) bond motifs is 3. The normalized spacial score (nSPS) is 12.3. The van der Waals surface area contributed by atoms with Crippen LogP contribution in [0.3, 0.4) is 0 Å². The molecule has 0 spiro atoms. The molecule has 124 valence electrons. The number of tetrazole rings is 1. The van der Waals surface area contributed by atoms with E-state index in [4.69, 9.17) is 5.73 Å². The van der Waals surface area contributed by atoms with Gasteiger partial charge in [0, 0.05) is 6.42 Å². The number of para-hydroxylation sites is 2. The van der Waals surface area contributed by atoms with Crippen molar-refractivity contribution in [3.05, 3.63) is 60.2 Å².